The molecule has 1 saturated heterocycles. The predicted molar refractivity (Wildman–Crippen MR) is 65.1 cm³/mol. The van der Waals surface area contributed by atoms with Gasteiger partial charge in [-0.05, 0) is 24.5 Å². The summed E-state index contributed by atoms with van der Waals surface area (Å²) in [4.78, 5) is -0.577. The molecule has 0 aliphatic carbocycles. The minimum atomic E-state index is -4.02. The van der Waals surface area contributed by atoms with Crippen molar-refractivity contribution in [2.24, 2.45) is 5.92 Å². The van der Waals surface area contributed by atoms with Crippen LogP contribution in [-0.2, 0) is 14.8 Å². The van der Waals surface area contributed by atoms with E-state index in [4.69, 9.17) is 4.74 Å². The Bertz CT molecular complexity index is 583. The van der Waals surface area contributed by atoms with Crippen LogP contribution < -0.4 is 0 Å². The lowest BCUT2D eigenvalue weighted by atomic mass is 10.1. The summed E-state index contributed by atoms with van der Waals surface area (Å²) in [6, 6.07) is 0.995. The quantitative estimate of drug-likeness (QED) is 0.796. The molecule has 0 aromatic heterocycles. The number of methoxy groups -OCH3 is 1. The third-order valence-corrected chi connectivity index (χ3v) is 5.09. The smallest absolute Gasteiger partial charge is 0.243 e. The Kier molecular flexibility index (Phi) is 4.36. The van der Waals surface area contributed by atoms with Crippen molar-refractivity contribution in [3.05, 3.63) is 29.6 Å². The molecule has 20 heavy (non-hydrogen) atoms. The zero-order valence-electron chi connectivity index (χ0n) is 10.8. The largest absolute Gasteiger partial charge is 0.384 e. The molecule has 1 aliphatic heterocycles. The fourth-order valence-corrected chi connectivity index (χ4v) is 3.77. The molecule has 1 aromatic carbocycles. The van der Waals surface area contributed by atoms with Crippen LogP contribution in [0.15, 0.2) is 17.0 Å². The number of halogens is 3. The maximum atomic E-state index is 13.1. The number of ether oxygens (including phenoxy) is 1. The van der Waals surface area contributed by atoms with Gasteiger partial charge in [0.1, 0.15) is 0 Å². The van der Waals surface area contributed by atoms with Gasteiger partial charge in [0, 0.05) is 20.2 Å². The number of nitrogens with zero attached hydrogens (tertiary/aromatic N) is 1. The Morgan fingerprint density at radius 2 is 1.90 bits per heavy atom. The van der Waals surface area contributed by atoms with Crippen molar-refractivity contribution in [3.63, 3.8) is 0 Å². The van der Waals surface area contributed by atoms with Crippen LogP contribution in [0, 0.1) is 23.4 Å². The van der Waals surface area contributed by atoms with Crippen LogP contribution in [0.3, 0.4) is 0 Å². The Labute approximate surface area is 115 Å². The normalized spacial score (nSPS) is 20.5. The van der Waals surface area contributed by atoms with Gasteiger partial charge in [-0.15, -0.1) is 0 Å². The standard InChI is InChI=1S/C12H14F3NO3S/c1-19-7-8-2-3-16(6-8)20(17,18)9-4-10(13)12(15)11(14)5-9/h4-5,8H,2-3,6-7H2,1H3/t8-/m1/s1. The third kappa shape index (κ3) is 2.82. The first-order valence-electron chi connectivity index (χ1n) is 6.00. The average molecular weight is 309 g/mol. The maximum Gasteiger partial charge on any atom is 0.243 e. The Hall–Kier alpha value is -1.12. The summed E-state index contributed by atoms with van der Waals surface area (Å²) in [5.41, 5.74) is 0. The molecule has 1 atom stereocenters. The highest BCUT2D eigenvalue weighted by atomic mass is 32.2. The lowest BCUT2D eigenvalue weighted by molar-refractivity contribution is 0.157. The Balaban J connectivity index is 2.28. The Morgan fingerprint density at radius 1 is 1.30 bits per heavy atom. The van der Waals surface area contributed by atoms with Gasteiger partial charge in [-0.1, -0.05) is 0 Å². The van der Waals surface area contributed by atoms with E-state index in [1.807, 2.05) is 0 Å². The lowest BCUT2D eigenvalue weighted by Crippen LogP contribution is -2.29. The van der Waals surface area contributed by atoms with Gasteiger partial charge in [0.25, 0.3) is 0 Å². The fraction of sp³-hybridized carbons (Fsp3) is 0.500. The molecule has 1 aliphatic rings. The van der Waals surface area contributed by atoms with Crippen molar-refractivity contribution in [2.45, 2.75) is 11.3 Å². The van der Waals surface area contributed by atoms with Crippen molar-refractivity contribution in [2.75, 3.05) is 26.8 Å². The van der Waals surface area contributed by atoms with E-state index in [-0.39, 0.29) is 19.0 Å². The van der Waals surface area contributed by atoms with E-state index >= 15 is 0 Å². The molecule has 0 amide bonds. The van der Waals surface area contributed by atoms with Crippen molar-refractivity contribution in [3.8, 4) is 0 Å². The number of benzene rings is 1. The maximum absolute atomic E-state index is 13.1. The number of sulfonamides is 1. The summed E-state index contributed by atoms with van der Waals surface area (Å²) in [5, 5.41) is 0. The molecule has 0 bridgehead atoms. The van der Waals surface area contributed by atoms with E-state index in [0.29, 0.717) is 25.2 Å². The van der Waals surface area contributed by atoms with Crippen LogP contribution in [0.25, 0.3) is 0 Å². The average Bonchev–Trinajstić information content (AvgIpc) is 2.85. The van der Waals surface area contributed by atoms with E-state index < -0.39 is 32.4 Å². The molecule has 8 heteroatoms. The van der Waals surface area contributed by atoms with Gasteiger partial charge in [-0.25, -0.2) is 21.6 Å². The van der Waals surface area contributed by atoms with Gasteiger partial charge >= 0.3 is 0 Å². The second kappa shape index (κ2) is 5.71. The predicted octanol–water partition coefficient (Wildman–Crippen LogP) is 1.76. The van der Waals surface area contributed by atoms with Gasteiger partial charge in [-0.2, -0.15) is 4.31 Å². The van der Waals surface area contributed by atoms with Gasteiger partial charge in [0.2, 0.25) is 10.0 Å². The monoisotopic (exact) mass is 309 g/mol. The van der Waals surface area contributed by atoms with E-state index in [9.17, 15) is 21.6 Å². The molecule has 1 heterocycles. The van der Waals surface area contributed by atoms with Crippen molar-refractivity contribution < 1.29 is 26.3 Å². The second-order valence-corrected chi connectivity index (χ2v) is 6.61. The number of hydrogen-bond donors (Lipinski definition) is 0. The van der Waals surface area contributed by atoms with E-state index in [2.05, 4.69) is 0 Å². The molecule has 0 radical (unpaired) electrons. The first kappa shape index (κ1) is 15.3. The van der Waals surface area contributed by atoms with E-state index in [0.717, 1.165) is 4.31 Å². The first-order chi connectivity index (χ1) is 9.36. The second-order valence-electron chi connectivity index (χ2n) is 4.67. The van der Waals surface area contributed by atoms with E-state index in [1.165, 1.54) is 7.11 Å². The molecule has 4 nitrogen and oxygen atoms in total. The highest BCUT2D eigenvalue weighted by Gasteiger charge is 2.33. The third-order valence-electron chi connectivity index (χ3n) is 3.25. The summed E-state index contributed by atoms with van der Waals surface area (Å²) < 4.78 is 69.7. The van der Waals surface area contributed by atoms with Crippen LogP contribution in [0.2, 0.25) is 0 Å². The summed E-state index contributed by atoms with van der Waals surface area (Å²) in [6.07, 6.45) is 0.610. The molecule has 0 spiro atoms. The molecule has 0 saturated carbocycles. The van der Waals surface area contributed by atoms with Gasteiger partial charge in [0.05, 0.1) is 11.5 Å². The van der Waals surface area contributed by atoms with Crippen LogP contribution in [0.4, 0.5) is 13.2 Å². The molecule has 2 rings (SSSR count). The highest BCUT2D eigenvalue weighted by Crippen LogP contribution is 2.26. The van der Waals surface area contributed by atoms with Crippen LogP contribution in [0.1, 0.15) is 6.42 Å². The Morgan fingerprint density at radius 3 is 2.45 bits per heavy atom. The SMILES string of the molecule is COC[C@@H]1CCN(S(=O)(=O)c2cc(F)c(F)c(F)c2)C1. The minimum absolute atomic E-state index is 0.0462. The first-order valence-corrected chi connectivity index (χ1v) is 7.44. The zero-order valence-corrected chi connectivity index (χ0v) is 11.6. The number of hydrogen-bond acceptors (Lipinski definition) is 3. The summed E-state index contributed by atoms with van der Waals surface area (Å²) in [7, 11) is -2.50. The molecule has 112 valence electrons. The lowest BCUT2D eigenvalue weighted by Gasteiger charge is -2.16. The minimum Gasteiger partial charge on any atom is -0.384 e. The highest BCUT2D eigenvalue weighted by molar-refractivity contribution is 7.89. The number of rotatable bonds is 4. The fourth-order valence-electron chi connectivity index (χ4n) is 2.22. The molecular formula is C12H14F3NO3S. The van der Waals surface area contributed by atoms with Crippen LogP contribution in [0.5, 0.6) is 0 Å². The molecule has 0 N–H and O–H groups in total. The van der Waals surface area contributed by atoms with Gasteiger partial charge in [0.15, 0.2) is 17.5 Å². The molecule has 1 aromatic rings. The zero-order chi connectivity index (χ0) is 14.9. The summed E-state index contributed by atoms with van der Waals surface area (Å²) >= 11 is 0. The molecule has 1 fully saturated rings. The van der Waals surface area contributed by atoms with Crippen molar-refractivity contribution >= 4 is 10.0 Å². The molecule has 0 unspecified atom stereocenters. The van der Waals surface area contributed by atoms with Crippen LogP contribution in [-0.4, -0.2) is 39.5 Å². The van der Waals surface area contributed by atoms with Crippen molar-refractivity contribution in [1.82, 2.24) is 4.31 Å². The summed E-state index contributed by atoms with van der Waals surface area (Å²) in [6.45, 7) is 0.881. The van der Waals surface area contributed by atoms with Gasteiger partial charge in [-0.3, -0.25) is 0 Å². The molecular weight excluding hydrogens is 295 g/mol. The van der Waals surface area contributed by atoms with Crippen molar-refractivity contribution in [1.29, 1.82) is 0 Å². The van der Waals surface area contributed by atoms with Gasteiger partial charge < -0.3 is 4.74 Å². The topological polar surface area (TPSA) is 46.6 Å². The van der Waals surface area contributed by atoms with E-state index in [1.54, 1.807) is 0 Å². The summed E-state index contributed by atoms with van der Waals surface area (Å²) in [5.74, 6) is -4.67. The van der Waals surface area contributed by atoms with Crippen LogP contribution >= 0.6 is 0 Å².